The van der Waals surface area contributed by atoms with Gasteiger partial charge in [-0.1, -0.05) is 54.6 Å². The van der Waals surface area contributed by atoms with Crippen LogP contribution in [0.3, 0.4) is 0 Å². The number of rotatable bonds is 9. The molecular formula is C25H26N2O5. The first-order valence-electron chi connectivity index (χ1n) is 10.8. The topological polar surface area (TPSA) is 101 Å². The van der Waals surface area contributed by atoms with E-state index >= 15 is 0 Å². The van der Waals surface area contributed by atoms with Crippen molar-refractivity contribution in [1.82, 2.24) is 10.5 Å². The lowest BCUT2D eigenvalue weighted by Crippen LogP contribution is -2.40. The van der Waals surface area contributed by atoms with E-state index in [9.17, 15) is 14.4 Å². The van der Waals surface area contributed by atoms with Gasteiger partial charge in [0.25, 0.3) is 11.5 Å². The largest absolute Gasteiger partial charge is 0.466 e. The van der Waals surface area contributed by atoms with Crippen LogP contribution in [0.15, 0.2) is 70.0 Å². The molecule has 0 saturated heterocycles. The van der Waals surface area contributed by atoms with Crippen molar-refractivity contribution in [2.75, 3.05) is 6.61 Å². The summed E-state index contributed by atoms with van der Waals surface area (Å²) in [5, 5.41) is 5.06. The van der Waals surface area contributed by atoms with Gasteiger partial charge in [0.15, 0.2) is 0 Å². The maximum absolute atomic E-state index is 12.6. The number of hydrogen-bond donors (Lipinski definition) is 2. The summed E-state index contributed by atoms with van der Waals surface area (Å²) < 4.78 is 10.2. The predicted molar refractivity (Wildman–Crippen MR) is 119 cm³/mol. The molecule has 1 aliphatic rings. The highest BCUT2D eigenvalue weighted by atomic mass is 16.5. The lowest BCUT2D eigenvalue weighted by Gasteiger charge is -2.23. The zero-order valence-electron chi connectivity index (χ0n) is 17.9. The number of hydrogen-bond acceptors (Lipinski definition) is 5. The molecule has 0 spiro atoms. The van der Waals surface area contributed by atoms with E-state index in [0.717, 1.165) is 35.6 Å². The van der Waals surface area contributed by atoms with Gasteiger partial charge in [-0.25, -0.2) is 0 Å². The number of benzene rings is 2. The number of aromatic nitrogens is 1. The monoisotopic (exact) mass is 434 g/mol. The molecule has 0 unspecified atom stereocenters. The summed E-state index contributed by atoms with van der Waals surface area (Å²) in [6, 6.07) is 19.0. The summed E-state index contributed by atoms with van der Waals surface area (Å²) in [6.45, 7) is 2.11. The molecule has 1 atom stereocenters. The maximum atomic E-state index is 12.6. The van der Waals surface area contributed by atoms with Crippen LogP contribution in [-0.4, -0.2) is 29.7 Å². The molecule has 1 saturated carbocycles. The average molecular weight is 434 g/mol. The molecule has 0 bridgehead atoms. The molecule has 1 heterocycles. The normalized spacial score (nSPS) is 15.0. The van der Waals surface area contributed by atoms with Gasteiger partial charge in [0.05, 0.1) is 18.1 Å². The number of amides is 1. The number of ether oxygens (including phenoxy) is 1. The molecule has 0 radical (unpaired) electrons. The van der Waals surface area contributed by atoms with Crippen molar-refractivity contribution in [3.8, 4) is 11.1 Å². The van der Waals surface area contributed by atoms with Gasteiger partial charge in [-0.2, -0.15) is 5.16 Å². The minimum Gasteiger partial charge on any atom is -0.466 e. The summed E-state index contributed by atoms with van der Waals surface area (Å²) in [6.07, 6.45) is 2.48. The van der Waals surface area contributed by atoms with Gasteiger partial charge in [0.2, 0.25) is 5.76 Å². The average Bonchev–Trinajstić information content (AvgIpc) is 3.45. The van der Waals surface area contributed by atoms with Crippen molar-refractivity contribution in [3.05, 3.63) is 82.3 Å². The van der Waals surface area contributed by atoms with Gasteiger partial charge in [0.1, 0.15) is 0 Å². The number of nitrogens with one attached hydrogen (secondary N) is 2. The Morgan fingerprint density at radius 1 is 1.09 bits per heavy atom. The third-order valence-corrected chi connectivity index (χ3v) is 5.83. The van der Waals surface area contributed by atoms with Crippen molar-refractivity contribution in [2.24, 2.45) is 5.41 Å². The zero-order valence-corrected chi connectivity index (χ0v) is 17.9. The summed E-state index contributed by atoms with van der Waals surface area (Å²) in [5.74, 6) is -0.791. The van der Waals surface area contributed by atoms with E-state index in [1.807, 2.05) is 42.5 Å². The summed E-state index contributed by atoms with van der Waals surface area (Å²) in [4.78, 5) is 36.4. The number of esters is 1. The fourth-order valence-corrected chi connectivity index (χ4v) is 3.97. The molecule has 32 heavy (non-hydrogen) atoms. The van der Waals surface area contributed by atoms with Crippen molar-refractivity contribution in [2.45, 2.75) is 38.6 Å². The van der Waals surface area contributed by atoms with E-state index in [-0.39, 0.29) is 17.8 Å². The number of carbonyl (C=O) groups is 2. The second-order valence-electron chi connectivity index (χ2n) is 8.22. The molecule has 1 aliphatic carbocycles. The first-order valence-corrected chi connectivity index (χ1v) is 10.8. The van der Waals surface area contributed by atoms with E-state index < -0.39 is 16.9 Å². The summed E-state index contributed by atoms with van der Waals surface area (Å²) in [5.41, 5.74) is 2.23. The van der Waals surface area contributed by atoms with E-state index in [4.69, 9.17) is 9.26 Å². The number of H-pyrrole nitrogens is 1. The Morgan fingerprint density at radius 2 is 1.78 bits per heavy atom. The third-order valence-electron chi connectivity index (χ3n) is 5.83. The molecule has 1 fully saturated rings. The van der Waals surface area contributed by atoms with Crippen LogP contribution in [0.2, 0.25) is 0 Å². The standard InChI is InChI=1S/C25H26N2O5/c1-2-31-24(30)25(12-13-25)16-20(26-23(29)21-15-22(28)27-32-21)14-17-8-10-19(11-9-17)18-6-4-3-5-7-18/h3-11,15,20H,2,12-14,16H2,1H3,(H,26,29)(H,27,28)/t20-/m0/s1. The Labute approximate surface area is 185 Å². The first kappa shape index (κ1) is 21.6. The quantitative estimate of drug-likeness (QED) is 0.500. The Hall–Kier alpha value is -3.61. The molecule has 3 aromatic rings. The van der Waals surface area contributed by atoms with Crippen molar-refractivity contribution >= 4 is 11.9 Å². The fourth-order valence-electron chi connectivity index (χ4n) is 3.97. The van der Waals surface area contributed by atoms with E-state index in [0.29, 0.717) is 19.4 Å². The summed E-state index contributed by atoms with van der Waals surface area (Å²) in [7, 11) is 0. The maximum Gasteiger partial charge on any atom is 0.312 e. The van der Waals surface area contributed by atoms with E-state index in [2.05, 4.69) is 22.6 Å². The molecule has 7 heteroatoms. The molecule has 1 aromatic heterocycles. The van der Waals surface area contributed by atoms with Crippen molar-refractivity contribution in [1.29, 1.82) is 0 Å². The van der Waals surface area contributed by atoms with Crippen molar-refractivity contribution < 1.29 is 18.8 Å². The molecule has 2 N–H and O–H groups in total. The van der Waals surface area contributed by atoms with Crippen LogP contribution in [0, 0.1) is 5.41 Å². The smallest absolute Gasteiger partial charge is 0.312 e. The van der Waals surface area contributed by atoms with Gasteiger partial charge in [-0.3, -0.25) is 14.4 Å². The molecule has 7 nitrogen and oxygen atoms in total. The van der Waals surface area contributed by atoms with Gasteiger partial charge >= 0.3 is 5.97 Å². The molecule has 166 valence electrons. The van der Waals surface area contributed by atoms with Gasteiger partial charge < -0.3 is 14.6 Å². The molecular weight excluding hydrogens is 408 g/mol. The third kappa shape index (κ3) is 4.99. The van der Waals surface area contributed by atoms with Crippen LogP contribution < -0.4 is 10.9 Å². The number of aromatic amines is 1. The fraction of sp³-hybridized carbons (Fsp3) is 0.320. The minimum absolute atomic E-state index is 0.0830. The minimum atomic E-state index is -0.559. The van der Waals surface area contributed by atoms with E-state index in [1.165, 1.54) is 0 Å². The molecule has 0 aliphatic heterocycles. The van der Waals surface area contributed by atoms with Crippen molar-refractivity contribution in [3.63, 3.8) is 0 Å². The SMILES string of the molecule is CCOC(=O)C1(C[C@H](Cc2ccc(-c3ccccc3)cc2)NC(=O)c2cc(=O)[nH]o2)CC1. The highest BCUT2D eigenvalue weighted by molar-refractivity contribution is 5.91. The predicted octanol–water partition coefficient (Wildman–Crippen LogP) is 3.71. The first-order chi connectivity index (χ1) is 15.5. The van der Waals surface area contributed by atoms with Crippen LogP contribution in [0.4, 0.5) is 0 Å². The Morgan fingerprint density at radius 3 is 2.38 bits per heavy atom. The Balaban J connectivity index is 1.51. The molecule has 1 amide bonds. The Kier molecular flexibility index (Phi) is 6.25. The number of carbonyl (C=O) groups excluding carboxylic acids is 2. The Bertz CT molecular complexity index is 1130. The van der Waals surface area contributed by atoms with Crippen LogP contribution in [0.25, 0.3) is 11.1 Å². The van der Waals surface area contributed by atoms with Crippen LogP contribution in [-0.2, 0) is 16.0 Å². The van der Waals surface area contributed by atoms with Crippen LogP contribution in [0.5, 0.6) is 0 Å². The van der Waals surface area contributed by atoms with Gasteiger partial charge in [-0.15, -0.1) is 0 Å². The highest BCUT2D eigenvalue weighted by Crippen LogP contribution is 2.51. The van der Waals surface area contributed by atoms with Crippen LogP contribution >= 0.6 is 0 Å². The molecule has 2 aromatic carbocycles. The summed E-state index contributed by atoms with van der Waals surface area (Å²) >= 11 is 0. The second kappa shape index (κ2) is 9.26. The van der Waals surface area contributed by atoms with Gasteiger partial charge in [0, 0.05) is 6.04 Å². The second-order valence-corrected chi connectivity index (χ2v) is 8.22. The highest BCUT2D eigenvalue weighted by Gasteiger charge is 2.52. The lowest BCUT2D eigenvalue weighted by molar-refractivity contribution is -0.150. The lowest BCUT2D eigenvalue weighted by atomic mass is 9.92. The molecule has 4 rings (SSSR count). The van der Waals surface area contributed by atoms with E-state index in [1.54, 1.807) is 6.92 Å². The van der Waals surface area contributed by atoms with Crippen LogP contribution in [0.1, 0.15) is 42.3 Å². The zero-order chi connectivity index (χ0) is 22.6. The van der Waals surface area contributed by atoms with Gasteiger partial charge in [-0.05, 0) is 49.3 Å².